The van der Waals surface area contributed by atoms with E-state index in [0.717, 1.165) is 20.9 Å². The van der Waals surface area contributed by atoms with E-state index in [9.17, 15) is 14.9 Å². The summed E-state index contributed by atoms with van der Waals surface area (Å²) < 4.78 is 1.03. The molecule has 9 heteroatoms. The lowest BCUT2D eigenvalue weighted by molar-refractivity contribution is -0.385. The number of anilines is 1. The summed E-state index contributed by atoms with van der Waals surface area (Å²) >= 11 is 4.96. The lowest BCUT2D eigenvalue weighted by atomic mass is 10.2. The van der Waals surface area contributed by atoms with E-state index >= 15 is 0 Å². The van der Waals surface area contributed by atoms with Crippen molar-refractivity contribution in [2.24, 2.45) is 0 Å². The lowest BCUT2D eigenvalue weighted by Crippen LogP contribution is -2.11. The Morgan fingerprint density at radius 2 is 2.29 bits per heavy atom. The number of halogens is 1. The molecule has 7 nitrogen and oxygen atoms in total. The number of aromatic carboxylic acids is 1. The van der Waals surface area contributed by atoms with Crippen molar-refractivity contribution in [1.82, 2.24) is 4.98 Å². The van der Waals surface area contributed by atoms with Crippen molar-refractivity contribution in [3.05, 3.63) is 48.7 Å². The van der Waals surface area contributed by atoms with Crippen molar-refractivity contribution < 1.29 is 14.8 Å². The molecule has 0 fully saturated rings. The molecule has 0 saturated heterocycles. The molecule has 2 N–H and O–H groups in total. The first-order chi connectivity index (χ1) is 9.97. The number of nitrogens with zero attached hydrogens (tertiary/aromatic N) is 2. The molecule has 0 aliphatic heterocycles. The molecule has 2 heterocycles. The zero-order chi connectivity index (χ0) is 15.4. The van der Waals surface area contributed by atoms with Crippen LogP contribution < -0.4 is 5.32 Å². The Bertz CT molecular complexity index is 689. The number of rotatable bonds is 6. The summed E-state index contributed by atoms with van der Waals surface area (Å²) in [6, 6.07) is 4.91. The molecule has 0 radical (unpaired) electrons. The highest BCUT2D eigenvalue weighted by molar-refractivity contribution is 9.11. The topological polar surface area (TPSA) is 105 Å². The molecular weight excluding hydrogens is 362 g/mol. The molecule has 0 amide bonds. The average Bonchev–Trinajstić information content (AvgIpc) is 2.84. The summed E-state index contributed by atoms with van der Waals surface area (Å²) in [6.45, 7) is 0.484. The minimum atomic E-state index is -1.26. The van der Waals surface area contributed by atoms with Crippen LogP contribution in [0.1, 0.15) is 15.2 Å². The van der Waals surface area contributed by atoms with Gasteiger partial charge in [-0.1, -0.05) is 0 Å². The first kappa shape index (κ1) is 15.4. The Hall–Kier alpha value is -2.00. The van der Waals surface area contributed by atoms with E-state index < -0.39 is 10.9 Å². The standard InChI is InChI=1S/C12H10BrN3O4S/c13-10-2-1-8(21-10)3-4-14-11-9(12(17)18)5-7(6-15-11)16(19)20/h1-2,5-6H,3-4H2,(H,14,15)(H,17,18). The number of carbonyl (C=O) groups is 1. The van der Waals surface area contributed by atoms with E-state index in [1.165, 1.54) is 0 Å². The molecule has 0 unspecified atom stereocenters. The van der Waals surface area contributed by atoms with Gasteiger partial charge in [0, 0.05) is 17.5 Å². The second kappa shape index (κ2) is 6.64. The zero-order valence-electron chi connectivity index (χ0n) is 10.6. The van der Waals surface area contributed by atoms with Crippen molar-refractivity contribution in [3.63, 3.8) is 0 Å². The van der Waals surface area contributed by atoms with Gasteiger partial charge in [0.1, 0.15) is 17.6 Å². The third-order valence-corrected chi connectivity index (χ3v) is 4.29. The van der Waals surface area contributed by atoms with Crippen molar-refractivity contribution >= 4 is 44.7 Å². The monoisotopic (exact) mass is 371 g/mol. The van der Waals surface area contributed by atoms with Crippen LogP contribution in [0.25, 0.3) is 0 Å². The number of nitro groups is 1. The number of carboxylic acid groups (broad SMARTS) is 1. The van der Waals surface area contributed by atoms with Crippen molar-refractivity contribution in [2.75, 3.05) is 11.9 Å². The summed E-state index contributed by atoms with van der Waals surface area (Å²) in [5, 5.41) is 22.6. The van der Waals surface area contributed by atoms with Crippen molar-refractivity contribution in [3.8, 4) is 0 Å². The van der Waals surface area contributed by atoms with Gasteiger partial charge in [0.25, 0.3) is 5.69 Å². The molecule has 2 rings (SSSR count). The third-order valence-electron chi connectivity index (χ3n) is 2.61. The van der Waals surface area contributed by atoms with Crippen LogP contribution >= 0.6 is 27.3 Å². The SMILES string of the molecule is O=C(O)c1cc([N+](=O)[O-])cnc1NCCc1ccc(Br)s1. The molecule has 110 valence electrons. The van der Waals surface area contributed by atoms with Gasteiger partial charge in [-0.2, -0.15) is 0 Å². The molecular formula is C12H10BrN3O4S. The lowest BCUT2D eigenvalue weighted by Gasteiger charge is -2.07. The maximum Gasteiger partial charge on any atom is 0.339 e. The zero-order valence-corrected chi connectivity index (χ0v) is 13.0. The maximum atomic E-state index is 11.1. The summed E-state index contributed by atoms with van der Waals surface area (Å²) in [5.74, 6) is -1.13. The van der Waals surface area contributed by atoms with Crippen LogP contribution in [0.4, 0.5) is 11.5 Å². The van der Waals surface area contributed by atoms with Crippen molar-refractivity contribution in [1.29, 1.82) is 0 Å². The van der Waals surface area contributed by atoms with Crippen LogP contribution in [0, 0.1) is 10.1 Å². The van der Waals surface area contributed by atoms with Gasteiger partial charge in [-0.15, -0.1) is 11.3 Å². The predicted molar refractivity (Wildman–Crippen MR) is 82.1 cm³/mol. The van der Waals surface area contributed by atoms with Gasteiger partial charge in [0.15, 0.2) is 0 Å². The predicted octanol–water partition coefficient (Wildman–Crippen LogP) is 3.17. The van der Waals surface area contributed by atoms with Gasteiger partial charge in [-0.05, 0) is 34.5 Å². The van der Waals surface area contributed by atoms with Gasteiger partial charge < -0.3 is 10.4 Å². The highest BCUT2D eigenvalue weighted by Gasteiger charge is 2.17. The highest BCUT2D eigenvalue weighted by atomic mass is 79.9. The molecule has 0 aliphatic carbocycles. The molecule has 21 heavy (non-hydrogen) atoms. The number of nitrogens with one attached hydrogen (secondary N) is 1. The Kier molecular flexibility index (Phi) is 4.86. The molecule has 0 bridgehead atoms. The van der Waals surface area contributed by atoms with Crippen molar-refractivity contribution in [2.45, 2.75) is 6.42 Å². The number of hydrogen-bond acceptors (Lipinski definition) is 6. The highest BCUT2D eigenvalue weighted by Crippen LogP contribution is 2.23. The Labute approximate surface area is 131 Å². The molecule has 2 aromatic rings. The van der Waals surface area contributed by atoms with Gasteiger partial charge in [-0.3, -0.25) is 10.1 Å². The quantitative estimate of drug-likeness (QED) is 0.596. The third kappa shape index (κ3) is 3.99. The Morgan fingerprint density at radius 3 is 2.86 bits per heavy atom. The van der Waals surface area contributed by atoms with Gasteiger partial charge in [0.05, 0.1) is 8.71 Å². The van der Waals surface area contributed by atoms with Gasteiger partial charge in [0.2, 0.25) is 0 Å². The van der Waals surface area contributed by atoms with E-state index in [2.05, 4.69) is 26.2 Å². The van der Waals surface area contributed by atoms with Crippen LogP contribution in [-0.2, 0) is 6.42 Å². The fraction of sp³-hybridized carbons (Fsp3) is 0.167. The number of thiophene rings is 1. The fourth-order valence-corrected chi connectivity index (χ4v) is 3.13. The van der Waals surface area contributed by atoms with E-state index in [1.54, 1.807) is 11.3 Å². The molecule has 2 aromatic heterocycles. The Balaban J connectivity index is 2.08. The number of pyridine rings is 1. The Morgan fingerprint density at radius 1 is 1.52 bits per heavy atom. The van der Waals surface area contributed by atoms with Crippen LogP contribution in [0.2, 0.25) is 0 Å². The summed E-state index contributed by atoms with van der Waals surface area (Å²) in [5.41, 5.74) is -0.559. The summed E-state index contributed by atoms with van der Waals surface area (Å²) in [6.07, 6.45) is 1.74. The minimum absolute atomic E-state index is 0.128. The second-order valence-corrected chi connectivity index (χ2v) is 6.58. The van der Waals surface area contributed by atoms with E-state index in [-0.39, 0.29) is 17.1 Å². The molecule has 0 aliphatic rings. The molecule has 0 spiro atoms. The number of aromatic nitrogens is 1. The maximum absolute atomic E-state index is 11.1. The first-order valence-corrected chi connectivity index (χ1v) is 7.44. The fourth-order valence-electron chi connectivity index (χ4n) is 1.65. The van der Waals surface area contributed by atoms with E-state index in [1.807, 2.05) is 12.1 Å². The minimum Gasteiger partial charge on any atom is -0.478 e. The largest absolute Gasteiger partial charge is 0.478 e. The van der Waals surface area contributed by atoms with Crippen LogP contribution in [-0.4, -0.2) is 27.5 Å². The molecule has 0 aromatic carbocycles. The van der Waals surface area contributed by atoms with E-state index in [0.29, 0.717) is 13.0 Å². The number of hydrogen-bond donors (Lipinski definition) is 2. The first-order valence-electron chi connectivity index (χ1n) is 5.83. The second-order valence-electron chi connectivity index (χ2n) is 4.03. The molecule has 0 atom stereocenters. The summed E-state index contributed by atoms with van der Waals surface area (Å²) in [7, 11) is 0. The average molecular weight is 372 g/mol. The van der Waals surface area contributed by atoms with Crippen LogP contribution in [0.5, 0.6) is 0 Å². The normalized spacial score (nSPS) is 10.3. The van der Waals surface area contributed by atoms with Gasteiger partial charge >= 0.3 is 5.97 Å². The number of carboxylic acids is 1. The summed E-state index contributed by atoms with van der Waals surface area (Å²) in [4.78, 5) is 26.0. The van der Waals surface area contributed by atoms with Crippen LogP contribution in [0.15, 0.2) is 28.2 Å². The van der Waals surface area contributed by atoms with E-state index in [4.69, 9.17) is 5.11 Å². The smallest absolute Gasteiger partial charge is 0.339 e. The molecule has 0 saturated carbocycles. The van der Waals surface area contributed by atoms with Crippen LogP contribution in [0.3, 0.4) is 0 Å². The van der Waals surface area contributed by atoms with Gasteiger partial charge in [-0.25, -0.2) is 9.78 Å².